The third-order valence-electron chi connectivity index (χ3n) is 3.71. The number of hydrogen-bond donors (Lipinski definition) is 1. The predicted molar refractivity (Wildman–Crippen MR) is 100.0 cm³/mol. The molecule has 0 aliphatic rings. The molecular weight excluding hydrogens is 389 g/mol. The highest BCUT2D eigenvalue weighted by atomic mass is 35.5. The Balaban J connectivity index is 1.70. The van der Waals surface area contributed by atoms with Crippen molar-refractivity contribution in [2.24, 2.45) is 0 Å². The molecule has 1 amide bonds. The Kier molecular flexibility index (Phi) is 5.81. The Morgan fingerprint density at radius 2 is 2.07 bits per heavy atom. The molecule has 3 rings (SSSR count). The van der Waals surface area contributed by atoms with Crippen LogP contribution in [-0.2, 0) is 6.54 Å². The number of nitro groups is 1. The summed E-state index contributed by atoms with van der Waals surface area (Å²) in [6, 6.07) is 11.2. The predicted octanol–water partition coefficient (Wildman–Crippen LogP) is 4.50. The monoisotopic (exact) mass is 401 g/mol. The van der Waals surface area contributed by atoms with Crippen molar-refractivity contribution >= 4 is 23.2 Å². The molecule has 0 atom stereocenters. The number of nitro benzene ring substituents is 1. The molecule has 0 aliphatic heterocycles. The maximum Gasteiger partial charge on any atom is 0.282 e. The molecule has 1 heterocycles. The summed E-state index contributed by atoms with van der Waals surface area (Å²) in [5.74, 6) is -0.918. The number of nitrogens with zero attached hydrogens (tertiary/aromatic N) is 2. The third-order valence-corrected chi connectivity index (χ3v) is 3.95. The first-order valence-corrected chi connectivity index (χ1v) is 8.40. The molecule has 0 radical (unpaired) electrons. The minimum absolute atomic E-state index is 0.00792. The lowest BCUT2D eigenvalue weighted by Crippen LogP contribution is -2.23. The molecule has 1 N–H and O–H groups in total. The summed E-state index contributed by atoms with van der Waals surface area (Å²) in [6.07, 6.45) is 3.02. The number of carbonyl (C=O) groups excluding carboxylic acids is 1. The summed E-state index contributed by atoms with van der Waals surface area (Å²) in [7, 11) is 0. The molecule has 0 unspecified atom stereocenters. The van der Waals surface area contributed by atoms with Gasteiger partial charge in [-0.15, -0.1) is 0 Å². The van der Waals surface area contributed by atoms with E-state index in [1.165, 1.54) is 30.5 Å². The van der Waals surface area contributed by atoms with Crippen molar-refractivity contribution in [2.45, 2.75) is 6.54 Å². The summed E-state index contributed by atoms with van der Waals surface area (Å²) < 4.78 is 19.6. The molecule has 1 aromatic heterocycles. The number of rotatable bonds is 6. The maximum absolute atomic E-state index is 14.2. The van der Waals surface area contributed by atoms with Crippen molar-refractivity contribution in [3.05, 3.63) is 93.0 Å². The van der Waals surface area contributed by atoms with E-state index >= 15 is 0 Å². The number of ether oxygens (including phenoxy) is 1. The Labute approximate surface area is 163 Å². The van der Waals surface area contributed by atoms with E-state index < -0.39 is 16.6 Å². The molecule has 142 valence electrons. The number of carbonyl (C=O) groups is 1. The second kappa shape index (κ2) is 8.45. The summed E-state index contributed by atoms with van der Waals surface area (Å²) in [5.41, 5.74) is -0.0862. The van der Waals surface area contributed by atoms with Gasteiger partial charge in [-0.2, -0.15) is 0 Å². The van der Waals surface area contributed by atoms with Crippen LogP contribution in [0.2, 0.25) is 5.02 Å². The molecule has 2 aromatic carbocycles. The van der Waals surface area contributed by atoms with Crippen molar-refractivity contribution in [1.82, 2.24) is 10.3 Å². The van der Waals surface area contributed by atoms with Crippen LogP contribution in [0.5, 0.6) is 11.5 Å². The second-order valence-corrected chi connectivity index (χ2v) is 6.09. The SMILES string of the molecule is O=C(NCc1ccc(Oc2cccnc2)c(F)c1)c1cc(Cl)ccc1[N+](=O)[O-]. The molecule has 9 heteroatoms. The fourth-order valence-corrected chi connectivity index (χ4v) is 2.57. The summed E-state index contributed by atoms with van der Waals surface area (Å²) in [4.78, 5) is 26.6. The van der Waals surface area contributed by atoms with E-state index in [1.807, 2.05) is 0 Å². The summed E-state index contributed by atoms with van der Waals surface area (Å²) >= 11 is 5.82. The van der Waals surface area contributed by atoms with Gasteiger partial charge in [0.1, 0.15) is 11.3 Å². The van der Waals surface area contributed by atoms with Crippen LogP contribution in [-0.4, -0.2) is 15.8 Å². The molecule has 3 aromatic rings. The van der Waals surface area contributed by atoms with Crippen molar-refractivity contribution in [1.29, 1.82) is 0 Å². The van der Waals surface area contributed by atoms with Crippen LogP contribution in [0.1, 0.15) is 15.9 Å². The first kappa shape index (κ1) is 19.2. The minimum Gasteiger partial charge on any atom is -0.453 e. The zero-order valence-electron chi connectivity index (χ0n) is 14.3. The van der Waals surface area contributed by atoms with Gasteiger partial charge in [0.05, 0.1) is 11.1 Å². The average molecular weight is 402 g/mol. The minimum atomic E-state index is -0.690. The molecule has 0 bridgehead atoms. The maximum atomic E-state index is 14.2. The molecule has 0 aliphatic carbocycles. The second-order valence-electron chi connectivity index (χ2n) is 5.66. The van der Waals surface area contributed by atoms with E-state index in [4.69, 9.17) is 16.3 Å². The Morgan fingerprint density at radius 1 is 1.25 bits per heavy atom. The number of benzene rings is 2. The Bertz CT molecular complexity index is 1030. The van der Waals surface area contributed by atoms with Crippen molar-refractivity contribution < 1.29 is 18.8 Å². The number of amides is 1. The van der Waals surface area contributed by atoms with Crippen LogP contribution >= 0.6 is 11.6 Å². The zero-order valence-corrected chi connectivity index (χ0v) is 15.0. The molecule has 0 spiro atoms. The van der Waals surface area contributed by atoms with Crippen LogP contribution in [0, 0.1) is 15.9 Å². The highest BCUT2D eigenvalue weighted by Gasteiger charge is 2.20. The van der Waals surface area contributed by atoms with Crippen LogP contribution < -0.4 is 10.1 Å². The smallest absolute Gasteiger partial charge is 0.282 e. The number of pyridine rings is 1. The first-order valence-electron chi connectivity index (χ1n) is 8.02. The highest BCUT2D eigenvalue weighted by Crippen LogP contribution is 2.25. The molecule has 0 saturated heterocycles. The molecule has 28 heavy (non-hydrogen) atoms. The fourth-order valence-electron chi connectivity index (χ4n) is 2.40. The van der Waals surface area contributed by atoms with Crippen molar-refractivity contribution in [3.63, 3.8) is 0 Å². The number of aromatic nitrogens is 1. The van der Waals surface area contributed by atoms with Crippen LogP contribution in [0.15, 0.2) is 60.9 Å². The highest BCUT2D eigenvalue weighted by molar-refractivity contribution is 6.31. The fraction of sp³-hybridized carbons (Fsp3) is 0.0526. The van der Waals surface area contributed by atoms with Gasteiger partial charge in [-0.25, -0.2) is 4.39 Å². The molecular formula is C19H13ClFN3O4. The van der Waals surface area contributed by atoms with Gasteiger partial charge in [-0.3, -0.25) is 19.9 Å². The van der Waals surface area contributed by atoms with E-state index in [0.29, 0.717) is 11.3 Å². The average Bonchev–Trinajstić information content (AvgIpc) is 2.68. The molecule has 0 fully saturated rings. The standard InChI is InChI=1S/C19H13ClFN3O4/c20-13-4-5-17(24(26)27)15(9-13)19(25)23-10-12-3-6-18(16(21)8-12)28-14-2-1-7-22-11-14/h1-9,11H,10H2,(H,23,25). The van der Waals surface area contributed by atoms with Gasteiger partial charge in [0, 0.05) is 23.8 Å². The van der Waals surface area contributed by atoms with Gasteiger partial charge in [-0.05, 0) is 42.0 Å². The van der Waals surface area contributed by atoms with E-state index in [-0.39, 0.29) is 28.6 Å². The van der Waals surface area contributed by atoms with Crippen molar-refractivity contribution in [2.75, 3.05) is 0 Å². The van der Waals surface area contributed by atoms with Crippen LogP contribution in [0.4, 0.5) is 10.1 Å². The number of nitrogens with one attached hydrogen (secondary N) is 1. The van der Waals surface area contributed by atoms with Crippen molar-refractivity contribution in [3.8, 4) is 11.5 Å². The van der Waals surface area contributed by atoms with Gasteiger partial charge in [0.15, 0.2) is 11.6 Å². The van der Waals surface area contributed by atoms with Crippen LogP contribution in [0.3, 0.4) is 0 Å². The van der Waals surface area contributed by atoms with Gasteiger partial charge in [0.25, 0.3) is 11.6 Å². The Hall–Kier alpha value is -3.52. The third kappa shape index (κ3) is 4.60. The lowest BCUT2D eigenvalue weighted by Gasteiger charge is -2.09. The quantitative estimate of drug-likeness (QED) is 0.484. The summed E-state index contributed by atoms with van der Waals surface area (Å²) in [6.45, 7) is -0.0351. The number of hydrogen-bond acceptors (Lipinski definition) is 5. The van der Waals surface area contributed by atoms with Gasteiger partial charge in [-0.1, -0.05) is 17.7 Å². The largest absolute Gasteiger partial charge is 0.453 e. The lowest BCUT2D eigenvalue weighted by molar-refractivity contribution is -0.385. The van der Waals surface area contributed by atoms with Crippen LogP contribution in [0.25, 0.3) is 0 Å². The van der Waals surface area contributed by atoms with Gasteiger partial charge < -0.3 is 10.1 Å². The van der Waals surface area contributed by atoms with E-state index in [0.717, 1.165) is 6.07 Å². The topological polar surface area (TPSA) is 94.4 Å². The van der Waals surface area contributed by atoms with Gasteiger partial charge in [0.2, 0.25) is 0 Å². The Morgan fingerprint density at radius 3 is 2.75 bits per heavy atom. The van der Waals surface area contributed by atoms with Gasteiger partial charge >= 0.3 is 0 Å². The molecule has 0 saturated carbocycles. The number of halogens is 2. The summed E-state index contributed by atoms with van der Waals surface area (Å²) in [5, 5.41) is 13.8. The first-order chi connectivity index (χ1) is 13.4. The zero-order chi connectivity index (χ0) is 20.1. The van der Waals surface area contributed by atoms with E-state index in [9.17, 15) is 19.3 Å². The molecule has 7 nitrogen and oxygen atoms in total. The van der Waals surface area contributed by atoms with E-state index in [2.05, 4.69) is 10.3 Å². The van der Waals surface area contributed by atoms with E-state index in [1.54, 1.807) is 24.4 Å². The normalized spacial score (nSPS) is 10.4. The lowest BCUT2D eigenvalue weighted by atomic mass is 10.1.